The summed E-state index contributed by atoms with van der Waals surface area (Å²) in [5, 5.41) is 3.10. The summed E-state index contributed by atoms with van der Waals surface area (Å²) in [6.07, 6.45) is 5.00. The van der Waals surface area contributed by atoms with Crippen LogP contribution in [0.1, 0.15) is 44.6 Å². The Kier molecular flexibility index (Phi) is 6.99. The first kappa shape index (κ1) is 17.9. The van der Waals surface area contributed by atoms with Crippen molar-refractivity contribution in [3.63, 3.8) is 0 Å². The van der Waals surface area contributed by atoms with E-state index in [2.05, 4.69) is 17.1 Å². The van der Waals surface area contributed by atoms with Gasteiger partial charge in [0, 0.05) is 19.1 Å². The van der Waals surface area contributed by atoms with Gasteiger partial charge in [0.1, 0.15) is 5.82 Å². The Hall–Kier alpha value is -1.46. The smallest absolute Gasteiger partial charge is 0.237 e. The van der Waals surface area contributed by atoms with Crippen molar-refractivity contribution in [3.05, 3.63) is 35.6 Å². The van der Waals surface area contributed by atoms with Gasteiger partial charge < -0.3 is 11.1 Å². The molecule has 0 spiro atoms. The zero-order chi connectivity index (χ0) is 16.7. The van der Waals surface area contributed by atoms with Crippen molar-refractivity contribution in [2.45, 2.75) is 57.7 Å². The van der Waals surface area contributed by atoms with Crippen LogP contribution in [-0.4, -0.2) is 36.0 Å². The number of hydrogen-bond donors (Lipinski definition) is 2. The average Bonchev–Trinajstić information content (AvgIpc) is 3.01. The monoisotopic (exact) mass is 321 g/mol. The van der Waals surface area contributed by atoms with Gasteiger partial charge in [0.25, 0.3) is 0 Å². The third kappa shape index (κ3) is 5.29. The number of nitrogens with two attached hydrogens (primary N) is 1. The minimum Gasteiger partial charge on any atom is -0.351 e. The molecular formula is C18H28FN3O. The maximum absolute atomic E-state index is 13.0. The largest absolute Gasteiger partial charge is 0.351 e. The van der Waals surface area contributed by atoms with Gasteiger partial charge in [0.2, 0.25) is 5.91 Å². The van der Waals surface area contributed by atoms with E-state index in [0.29, 0.717) is 13.1 Å². The van der Waals surface area contributed by atoms with Crippen LogP contribution in [-0.2, 0) is 11.3 Å². The van der Waals surface area contributed by atoms with E-state index in [1.54, 1.807) is 12.1 Å². The number of benzene rings is 1. The molecule has 3 N–H and O–H groups in total. The fourth-order valence-corrected chi connectivity index (χ4v) is 3.13. The predicted molar refractivity (Wildman–Crippen MR) is 90.3 cm³/mol. The Morgan fingerprint density at radius 2 is 2.17 bits per heavy atom. The third-order valence-corrected chi connectivity index (χ3v) is 4.50. The van der Waals surface area contributed by atoms with Crippen LogP contribution in [0.5, 0.6) is 0 Å². The second-order valence-corrected chi connectivity index (χ2v) is 6.34. The second-order valence-electron chi connectivity index (χ2n) is 6.34. The lowest BCUT2D eigenvalue weighted by atomic mass is 10.1. The number of unbranched alkanes of at least 4 members (excludes halogenated alkanes) is 1. The molecule has 1 aromatic carbocycles. The highest BCUT2D eigenvalue weighted by molar-refractivity contribution is 5.82. The number of carbonyl (C=O) groups excluding carboxylic acids is 1. The van der Waals surface area contributed by atoms with Gasteiger partial charge in [-0.05, 0) is 43.5 Å². The molecule has 128 valence electrons. The summed E-state index contributed by atoms with van der Waals surface area (Å²) in [6, 6.07) is 6.47. The van der Waals surface area contributed by atoms with Gasteiger partial charge >= 0.3 is 0 Å². The predicted octanol–water partition coefficient (Wildman–Crippen LogP) is 2.42. The Morgan fingerprint density at radius 3 is 2.83 bits per heavy atom. The minimum absolute atomic E-state index is 0.0655. The van der Waals surface area contributed by atoms with Crippen LogP contribution in [0.3, 0.4) is 0 Å². The highest BCUT2D eigenvalue weighted by Gasteiger charge is 2.31. The molecule has 0 bridgehead atoms. The van der Waals surface area contributed by atoms with Gasteiger partial charge in [-0.2, -0.15) is 0 Å². The fraction of sp³-hybridized carbons (Fsp3) is 0.611. The van der Waals surface area contributed by atoms with Gasteiger partial charge in [-0.1, -0.05) is 31.9 Å². The molecule has 5 heteroatoms. The summed E-state index contributed by atoms with van der Waals surface area (Å²) in [6.45, 7) is 4.20. The summed E-state index contributed by atoms with van der Waals surface area (Å²) in [5.74, 6) is -0.151. The van der Waals surface area contributed by atoms with Gasteiger partial charge in [0.05, 0.1) is 6.04 Å². The molecule has 1 aliphatic rings. The Bertz CT molecular complexity index is 492. The van der Waals surface area contributed by atoms with E-state index in [1.165, 1.54) is 12.1 Å². The molecular weight excluding hydrogens is 293 g/mol. The number of carbonyl (C=O) groups is 1. The summed E-state index contributed by atoms with van der Waals surface area (Å²) in [7, 11) is 0. The molecule has 1 amide bonds. The number of nitrogens with zero attached hydrogens (tertiary/aromatic N) is 1. The van der Waals surface area contributed by atoms with Crippen molar-refractivity contribution in [2.24, 2.45) is 5.73 Å². The normalized spacial score (nSPS) is 19.7. The molecule has 1 aromatic rings. The summed E-state index contributed by atoms with van der Waals surface area (Å²) in [5.41, 5.74) is 6.80. The Labute approximate surface area is 138 Å². The van der Waals surface area contributed by atoms with Crippen molar-refractivity contribution in [1.29, 1.82) is 0 Å². The molecule has 1 saturated heterocycles. The molecule has 1 fully saturated rings. The SMILES string of the molecule is CCCCC(CN)NC(=O)C1CCCN1Cc1ccc(F)cc1. The van der Waals surface area contributed by atoms with E-state index in [1.807, 2.05) is 0 Å². The number of likely N-dealkylation sites (tertiary alicyclic amines) is 1. The van der Waals surface area contributed by atoms with E-state index in [0.717, 1.165) is 44.2 Å². The first-order valence-electron chi connectivity index (χ1n) is 8.63. The van der Waals surface area contributed by atoms with E-state index in [9.17, 15) is 9.18 Å². The lowest BCUT2D eigenvalue weighted by Gasteiger charge is -2.26. The van der Waals surface area contributed by atoms with Crippen LogP contribution < -0.4 is 11.1 Å². The van der Waals surface area contributed by atoms with Crippen LogP contribution in [0.25, 0.3) is 0 Å². The van der Waals surface area contributed by atoms with Crippen molar-refractivity contribution in [2.75, 3.05) is 13.1 Å². The number of rotatable bonds is 8. The van der Waals surface area contributed by atoms with Crippen molar-refractivity contribution in [1.82, 2.24) is 10.2 Å². The van der Waals surface area contributed by atoms with Gasteiger partial charge in [-0.3, -0.25) is 9.69 Å². The van der Waals surface area contributed by atoms with Crippen LogP contribution in [0.15, 0.2) is 24.3 Å². The quantitative estimate of drug-likeness (QED) is 0.773. The number of amides is 1. The number of halogens is 1. The summed E-state index contributed by atoms with van der Waals surface area (Å²) >= 11 is 0. The third-order valence-electron chi connectivity index (χ3n) is 4.50. The van der Waals surface area contributed by atoms with Gasteiger partial charge in [0.15, 0.2) is 0 Å². The van der Waals surface area contributed by atoms with Crippen LogP contribution in [0.4, 0.5) is 4.39 Å². The Balaban J connectivity index is 1.91. The first-order chi connectivity index (χ1) is 11.1. The van der Waals surface area contributed by atoms with Crippen molar-refractivity contribution >= 4 is 5.91 Å². The molecule has 1 heterocycles. The lowest BCUT2D eigenvalue weighted by Crippen LogP contribution is -2.48. The number of nitrogens with one attached hydrogen (secondary N) is 1. The number of hydrogen-bond acceptors (Lipinski definition) is 3. The maximum Gasteiger partial charge on any atom is 0.237 e. The topological polar surface area (TPSA) is 58.4 Å². The Morgan fingerprint density at radius 1 is 1.43 bits per heavy atom. The van der Waals surface area contributed by atoms with Gasteiger partial charge in [-0.25, -0.2) is 4.39 Å². The van der Waals surface area contributed by atoms with Gasteiger partial charge in [-0.15, -0.1) is 0 Å². The minimum atomic E-state index is -0.230. The van der Waals surface area contributed by atoms with Crippen LogP contribution >= 0.6 is 0 Å². The van der Waals surface area contributed by atoms with E-state index < -0.39 is 0 Å². The molecule has 0 aliphatic carbocycles. The zero-order valence-corrected chi connectivity index (χ0v) is 13.9. The zero-order valence-electron chi connectivity index (χ0n) is 13.9. The fourth-order valence-electron chi connectivity index (χ4n) is 3.13. The molecule has 0 aromatic heterocycles. The first-order valence-corrected chi connectivity index (χ1v) is 8.63. The van der Waals surface area contributed by atoms with E-state index in [4.69, 9.17) is 5.73 Å². The second kappa shape index (κ2) is 8.99. The molecule has 0 saturated carbocycles. The van der Waals surface area contributed by atoms with Crippen LogP contribution in [0, 0.1) is 5.82 Å². The highest BCUT2D eigenvalue weighted by atomic mass is 19.1. The average molecular weight is 321 g/mol. The molecule has 4 nitrogen and oxygen atoms in total. The van der Waals surface area contributed by atoms with Crippen molar-refractivity contribution in [3.8, 4) is 0 Å². The highest BCUT2D eigenvalue weighted by Crippen LogP contribution is 2.20. The standard InChI is InChI=1S/C18H28FN3O/c1-2-3-5-16(12-20)21-18(23)17-6-4-11-22(17)13-14-7-9-15(19)10-8-14/h7-10,16-17H,2-6,11-13,20H2,1H3,(H,21,23). The molecule has 1 aliphatic heterocycles. The van der Waals surface area contributed by atoms with E-state index >= 15 is 0 Å². The molecule has 2 atom stereocenters. The maximum atomic E-state index is 13.0. The molecule has 2 rings (SSSR count). The summed E-state index contributed by atoms with van der Waals surface area (Å²) in [4.78, 5) is 14.7. The molecule has 2 unspecified atom stereocenters. The van der Waals surface area contributed by atoms with E-state index in [-0.39, 0.29) is 23.8 Å². The molecule has 23 heavy (non-hydrogen) atoms. The van der Waals surface area contributed by atoms with Crippen LogP contribution in [0.2, 0.25) is 0 Å². The lowest BCUT2D eigenvalue weighted by molar-refractivity contribution is -0.126. The molecule has 0 radical (unpaired) electrons. The summed E-state index contributed by atoms with van der Waals surface area (Å²) < 4.78 is 13.0. The van der Waals surface area contributed by atoms with Crippen molar-refractivity contribution < 1.29 is 9.18 Å².